The molecule has 2 amide bonds. The monoisotopic (exact) mass is 308 g/mol. The predicted molar refractivity (Wildman–Crippen MR) is 84.3 cm³/mol. The third-order valence-electron chi connectivity index (χ3n) is 2.56. The second-order valence-electron chi connectivity index (χ2n) is 3.95. The van der Waals surface area contributed by atoms with Crippen molar-refractivity contribution in [1.82, 2.24) is 0 Å². The van der Waals surface area contributed by atoms with Crippen molar-refractivity contribution in [1.29, 1.82) is 0 Å². The number of hydrogen-bond acceptors (Lipinski definition) is 3. The molecule has 0 saturated carbocycles. The van der Waals surface area contributed by atoms with Crippen molar-refractivity contribution in [3.63, 3.8) is 0 Å². The number of nitrogens with one attached hydrogen (secondary N) is 2. The lowest BCUT2D eigenvalue weighted by Crippen LogP contribution is -2.19. The molecule has 0 unspecified atom stereocenters. The van der Waals surface area contributed by atoms with E-state index in [0.29, 0.717) is 27.0 Å². The van der Waals surface area contributed by atoms with Gasteiger partial charge in [-0.05, 0) is 30.3 Å². The fourth-order valence-corrected chi connectivity index (χ4v) is 2.08. The van der Waals surface area contributed by atoms with Gasteiger partial charge in [0, 0.05) is 10.6 Å². The third-order valence-corrected chi connectivity index (χ3v) is 3.25. The average Bonchev–Trinajstić information content (AvgIpc) is 2.41. The molecule has 4 nitrogen and oxygen atoms in total. The number of ether oxygens (including phenoxy) is 1. The van der Waals surface area contributed by atoms with Gasteiger partial charge in [-0.2, -0.15) is 0 Å². The van der Waals surface area contributed by atoms with E-state index in [0.717, 1.165) is 0 Å². The van der Waals surface area contributed by atoms with Crippen LogP contribution in [0.3, 0.4) is 0 Å². The first kappa shape index (κ1) is 14.6. The second kappa shape index (κ2) is 6.54. The Balaban J connectivity index is 2.05. The van der Waals surface area contributed by atoms with Gasteiger partial charge in [-0.1, -0.05) is 23.7 Å². The zero-order valence-corrected chi connectivity index (χ0v) is 12.3. The number of amides is 2. The van der Waals surface area contributed by atoms with Crippen molar-refractivity contribution in [2.24, 2.45) is 0 Å². The molecule has 20 heavy (non-hydrogen) atoms. The molecule has 0 spiro atoms. The molecular weight excluding hydrogens is 296 g/mol. The van der Waals surface area contributed by atoms with Gasteiger partial charge < -0.3 is 15.4 Å². The van der Waals surface area contributed by atoms with Crippen molar-refractivity contribution in [2.45, 2.75) is 4.90 Å². The van der Waals surface area contributed by atoms with E-state index in [4.69, 9.17) is 16.3 Å². The minimum absolute atomic E-state index is 0.368. The van der Waals surface area contributed by atoms with Crippen LogP contribution >= 0.6 is 24.2 Å². The van der Waals surface area contributed by atoms with E-state index in [1.54, 1.807) is 30.3 Å². The quantitative estimate of drug-likeness (QED) is 0.741. The Bertz CT molecular complexity index is 634. The van der Waals surface area contributed by atoms with Crippen molar-refractivity contribution in [2.75, 3.05) is 17.7 Å². The Morgan fingerprint density at radius 1 is 1.20 bits per heavy atom. The maximum absolute atomic E-state index is 11.9. The number of benzene rings is 2. The number of thiol groups is 1. The van der Waals surface area contributed by atoms with Gasteiger partial charge in [0.1, 0.15) is 5.75 Å². The van der Waals surface area contributed by atoms with Gasteiger partial charge >= 0.3 is 6.03 Å². The van der Waals surface area contributed by atoms with E-state index >= 15 is 0 Å². The van der Waals surface area contributed by atoms with E-state index in [-0.39, 0.29) is 6.03 Å². The van der Waals surface area contributed by atoms with Crippen LogP contribution < -0.4 is 15.4 Å². The van der Waals surface area contributed by atoms with Gasteiger partial charge in [0.25, 0.3) is 0 Å². The van der Waals surface area contributed by atoms with Crippen LogP contribution in [0.25, 0.3) is 0 Å². The Kier molecular flexibility index (Phi) is 4.76. The summed E-state index contributed by atoms with van der Waals surface area (Å²) in [4.78, 5) is 12.6. The van der Waals surface area contributed by atoms with E-state index < -0.39 is 0 Å². The summed E-state index contributed by atoms with van der Waals surface area (Å²) in [6.45, 7) is 0. The molecule has 0 aliphatic rings. The minimum atomic E-state index is -0.368. The van der Waals surface area contributed by atoms with Crippen LogP contribution in [-0.4, -0.2) is 13.1 Å². The fraction of sp³-hybridized carbons (Fsp3) is 0.0714. The van der Waals surface area contributed by atoms with Crippen LogP contribution in [0, 0.1) is 0 Å². The molecule has 0 heterocycles. The fourth-order valence-electron chi connectivity index (χ4n) is 1.61. The van der Waals surface area contributed by atoms with Crippen molar-refractivity contribution < 1.29 is 9.53 Å². The number of methoxy groups -OCH3 is 1. The molecule has 0 radical (unpaired) electrons. The van der Waals surface area contributed by atoms with Gasteiger partial charge in [0.2, 0.25) is 0 Å². The van der Waals surface area contributed by atoms with E-state index in [1.165, 1.54) is 7.11 Å². The molecule has 0 saturated heterocycles. The standard InChI is InChI=1S/C14H13ClN2O2S/c1-19-12-7-6-9(8-10(12)15)16-14(18)17-11-4-2-3-5-13(11)20/h2-8,20H,1H3,(H2,16,17,18). The molecule has 104 valence electrons. The number of halogens is 1. The lowest BCUT2D eigenvalue weighted by Gasteiger charge is -2.10. The van der Waals surface area contributed by atoms with Crippen LogP contribution in [0.1, 0.15) is 0 Å². The largest absolute Gasteiger partial charge is 0.495 e. The maximum Gasteiger partial charge on any atom is 0.323 e. The summed E-state index contributed by atoms with van der Waals surface area (Å²) >= 11 is 10.3. The van der Waals surface area contributed by atoms with Gasteiger partial charge in [-0.25, -0.2) is 4.79 Å². The zero-order chi connectivity index (χ0) is 14.5. The highest BCUT2D eigenvalue weighted by Gasteiger charge is 2.07. The first-order valence-electron chi connectivity index (χ1n) is 5.79. The highest BCUT2D eigenvalue weighted by Crippen LogP contribution is 2.27. The average molecular weight is 309 g/mol. The van der Waals surface area contributed by atoms with Crippen LogP contribution in [0.15, 0.2) is 47.4 Å². The predicted octanol–water partition coefficient (Wildman–Crippen LogP) is 4.28. The Hall–Kier alpha value is -1.85. The van der Waals surface area contributed by atoms with Crippen molar-refractivity contribution in [3.8, 4) is 5.75 Å². The first-order valence-corrected chi connectivity index (χ1v) is 6.62. The van der Waals surface area contributed by atoms with Gasteiger partial charge in [0.05, 0.1) is 17.8 Å². The van der Waals surface area contributed by atoms with Crippen LogP contribution in [0.2, 0.25) is 5.02 Å². The summed E-state index contributed by atoms with van der Waals surface area (Å²) in [6, 6.07) is 11.9. The number of hydrogen-bond donors (Lipinski definition) is 3. The Morgan fingerprint density at radius 2 is 1.95 bits per heavy atom. The third kappa shape index (κ3) is 3.59. The molecule has 0 aliphatic carbocycles. The maximum atomic E-state index is 11.9. The zero-order valence-electron chi connectivity index (χ0n) is 10.7. The summed E-state index contributed by atoms with van der Waals surface area (Å²) in [5, 5.41) is 5.82. The molecule has 6 heteroatoms. The van der Waals surface area contributed by atoms with Crippen LogP contribution in [0.4, 0.5) is 16.2 Å². The molecular formula is C14H13ClN2O2S. The number of anilines is 2. The summed E-state index contributed by atoms with van der Waals surface area (Å²) in [5.41, 5.74) is 1.21. The lowest BCUT2D eigenvalue weighted by molar-refractivity contribution is 0.262. The summed E-state index contributed by atoms with van der Waals surface area (Å²) in [6.07, 6.45) is 0. The molecule has 2 N–H and O–H groups in total. The second-order valence-corrected chi connectivity index (χ2v) is 4.83. The van der Waals surface area contributed by atoms with Crippen LogP contribution in [-0.2, 0) is 0 Å². The summed E-state index contributed by atoms with van der Waals surface area (Å²) in [5.74, 6) is 0.554. The number of carbonyl (C=O) groups is 1. The topological polar surface area (TPSA) is 50.4 Å². The number of para-hydroxylation sites is 1. The number of rotatable bonds is 3. The normalized spacial score (nSPS) is 9.95. The molecule has 0 aliphatic heterocycles. The minimum Gasteiger partial charge on any atom is -0.495 e. The van der Waals surface area contributed by atoms with E-state index in [9.17, 15) is 4.79 Å². The van der Waals surface area contributed by atoms with E-state index in [1.807, 2.05) is 12.1 Å². The highest BCUT2D eigenvalue weighted by molar-refractivity contribution is 7.80. The first-order chi connectivity index (χ1) is 9.60. The SMILES string of the molecule is COc1ccc(NC(=O)Nc2ccccc2S)cc1Cl. The van der Waals surface area contributed by atoms with Crippen molar-refractivity contribution in [3.05, 3.63) is 47.5 Å². The molecule has 0 bridgehead atoms. The number of urea groups is 1. The highest BCUT2D eigenvalue weighted by atomic mass is 35.5. The molecule has 0 aromatic heterocycles. The number of carbonyl (C=O) groups excluding carboxylic acids is 1. The van der Waals surface area contributed by atoms with Gasteiger partial charge in [-0.3, -0.25) is 0 Å². The van der Waals surface area contributed by atoms with Crippen molar-refractivity contribution >= 4 is 41.6 Å². The van der Waals surface area contributed by atoms with Gasteiger partial charge in [-0.15, -0.1) is 12.6 Å². The molecule has 2 aromatic carbocycles. The Labute approximate surface area is 127 Å². The molecule has 0 atom stereocenters. The lowest BCUT2D eigenvalue weighted by atomic mass is 10.3. The van der Waals surface area contributed by atoms with Crippen LogP contribution in [0.5, 0.6) is 5.75 Å². The smallest absolute Gasteiger partial charge is 0.323 e. The molecule has 2 aromatic rings. The molecule has 2 rings (SSSR count). The Morgan fingerprint density at radius 3 is 2.60 bits per heavy atom. The van der Waals surface area contributed by atoms with E-state index in [2.05, 4.69) is 23.3 Å². The summed E-state index contributed by atoms with van der Waals surface area (Å²) < 4.78 is 5.05. The van der Waals surface area contributed by atoms with Gasteiger partial charge in [0.15, 0.2) is 0 Å². The molecule has 0 fully saturated rings. The summed E-state index contributed by atoms with van der Waals surface area (Å²) in [7, 11) is 1.53.